The van der Waals surface area contributed by atoms with Gasteiger partial charge in [0, 0.05) is 10.8 Å². The molecule has 0 saturated heterocycles. The first kappa shape index (κ1) is 7.60. The van der Waals surface area contributed by atoms with E-state index in [1.165, 1.54) is 20.9 Å². The Balaban J connectivity index is 2.53. The van der Waals surface area contributed by atoms with Crippen molar-refractivity contribution < 1.29 is 0 Å². The minimum absolute atomic E-state index is 1.15. The molecule has 15 heavy (non-hydrogen) atoms. The summed E-state index contributed by atoms with van der Waals surface area (Å²) in [5, 5.41) is 3.87. The van der Waals surface area contributed by atoms with Crippen LogP contribution in [-0.4, -0.2) is 4.98 Å². The lowest BCUT2D eigenvalue weighted by molar-refractivity contribution is 1.58. The minimum atomic E-state index is 1.15. The number of hydrogen-bond acceptors (Lipinski definition) is 2. The van der Waals surface area contributed by atoms with Crippen molar-refractivity contribution in [2.75, 3.05) is 0 Å². The highest BCUT2D eigenvalue weighted by Crippen LogP contribution is 2.36. The van der Waals surface area contributed by atoms with Gasteiger partial charge < -0.3 is 0 Å². The molecule has 0 N–H and O–H groups in total. The zero-order valence-corrected chi connectivity index (χ0v) is 8.71. The summed E-state index contributed by atoms with van der Waals surface area (Å²) < 4.78 is 1.29. The van der Waals surface area contributed by atoms with E-state index in [9.17, 15) is 0 Å². The predicted molar refractivity (Wildman–Crippen MR) is 65.8 cm³/mol. The van der Waals surface area contributed by atoms with Crippen molar-refractivity contribution in [2.45, 2.75) is 0 Å². The molecule has 2 aromatic carbocycles. The Kier molecular flexibility index (Phi) is 1.25. The molecule has 2 heterocycles. The average Bonchev–Trinajstić information content (AvgIpc) is 2.70. The maximum absolute atomic E-state index is 4.66. The van der Waals surface area contributed by atoms with Crippen LogP contribution < -0.4 is 0 Å². The summed E-state index contributed by atoms with van der Waals surface area (Å²) in [5.74, 6) is 0. The van der Waals surface area contributed by atoms with E-state index in [0.717, 1.165) is 10.3 Å². The maximum Gasteiger partial charge on any atom is 0.125 e. The molecule has 0 unspecified atom stereocenters. The number of rotatable bonds is 0. The van der Waals surface area contributed by atoms with Gasteiger partial charge in [-0.05, 0) is 11.5 Å². The summed E-state index contributed by atoms with van der Waals surface area (Å²) in [6, 6.07) is 14.9. The van der Waals surface area contributed by atoms with Crippen LogP contribution in [0, 0.1) is 0 Å². The number of pyridine rings is 1. The van der Waals surface area contributed by atoms with Crippen molar-refractivity contribution in [3.8, 4) is 0 Å². The molecule has 0 fully saturated rings. The van der Waals surface area contributed by atoms with E-state index >= 15 is 0 Å². The number of hydrogen-bond donors (Lipinski definition) is 0. The molecule has 0 aliphatic rings. The number of thiazole rings is 1. The highest BCUT2D eigenvalue weighted by atomic mass is 32.1. The Morgan fingerprint density at radius 2 is 1.60 bits per heavy atom. The van der Waals surface area contributed by atoms with Gasteiger partial charge in [0.2, 0.25) is 0 Å². The van der Waals surface area contributed by atoms with Gasteiger partial charge in [-0.2, -0.15) is 0 Å². The first-order chi connectivity index (χ1) is 7.43. The van der Waals surface area contributed by atoms with Crippen LogP contribution in [0.3, 0.4) is 0 Å². The zero-order chi connectivity index (χ0) is 9.83. The molecule has 2 heteroatoms. The third-order valence-corrected chi connectivity index (χ3v) is 3.92. The SMILES string of the molecule is c1ccc2c(c1)c1nc3c(cccc23)s1. The van der Waals surface area contributed by atoms with E-state index in [1.54, 1.807) is 11.3 Å². The summed E-state index contributed by atoms with van der Waals surface area (Å²) >= 11 is 1.78. The number of aromatic nitrogens is 1. The van der Waals surface area contributed by atoms with Crippen LogP contribution in [0.15, 0.2) is 42.5 Å². The third kappa shape index (κ3) is 0.851. The van der Waals surface area contributed by atoms with E-state index < -0.39 is 0 Å². The third-order valence-electron chi connectivity index (χ3n) is 2.87. The van der Waals surface area contributed by atoms with Crippen LogP contribution in [0.1, 0.15) is 0 Å². The molecular formula is C13H7NS. The Bertz CT molecular complexity index is 759. The lowest BCUT2D eigenvalue weighted by atomic mass is 10.1. The second kappa shape index (κ2) is 2.47. The van der Waals surface area contributed by atoms with Gasteiger partial charge in [-0.1, -0.05) is 36.4 Å². The Hall–Kier alpha value is -1.67. The molecule has 70 valence electrons. The highest BCUT2D eigenvalue weighted by molar-refractivity contribution is 7.25. The summed E-state index contributed by atoms with van der Waals surface area (Å²) in [6.07, 6.45) is 0. The van der Waals surface area contributed by atoms with Crippen LogP contribution in [-0.2, 0) is 0 Å². The second-order valence-electron chi connectivity index (χ2n) is 3.72. The molecule has 1 nitrogen and oxygen atoms in total. The summed E-state index contributed by atoms with van der Waals surface area (Å²) in [5.41, 5.74) is 1.16. The summed E-state index contributed by atoms with van der Waals surface area (Å²) in [6.45, 7) is 0. The van der Waals surface area contributed by atoms with Gasteiger partial charge >= 0.3 is 0 Å². The summed E-state index contributed by atoms with van der Waals surface area (Å²) in [4.78, 5) is 5.81. The fraction of sp³-hybridized carbons (Fsp3) is 0. The molecule has 0 aliphatic heterocycles. The second-order valence-corrected chi connectivity index (χ2v) is 4.75. The van der Waals surface area contributed by atoms with Gasteiger partial charge in [-0.15, -0.1) is 11.3 Å². The molecular weight excluding hydrogens is 202 g/mol. The van der Waals surface area contributed by atoms with Crippen molar-refractivity contribution in [2.24, 2.45) is 0 Å². The van der Waals surface area contributed by atoms with Crippen LogP contribution in [0.4, 0.5) is 0 Å². The van der Waals surface area contributed by atoms with Gasteiger partial charge in [0.15, 0.2) is 0 Å². The molecule has 0 amide bonds. The highest BCUT2D eigenvalue weighted by Gasteiger charge is 2.10. The largest absolute Gasteiger partial charge is 0.235 e. The Labute approximate surface area is 90.3 Å². The van der Waals surface area contributed by atoms with Crippen molar-refractivity contribution in [3.63, 3.8) is 0 Å². The van der Waals surface area contributed by atoms with E-state index in [0.29, 0.717) is 0 Å². The summed E-state index contributed by atoms with van der Waals surface area (Å²) in [7, 11) is 0. The lowest BCUT2D eigenvalue weighted by Crippen LogP contribution is -1.78. The molecule has 0 spiro atoms. The van der Waals surface area contributed by atoms with E-state index in [4.69, 9.17) is 0 Å². The standard InChI is InChI=1S/C13H7NS/c1-2-5-10-8(4-1)9-6-3-7-11-12(9)14-13(10)15-11/h1-7H. The van der Waals surface area contributed by atoms with Gasteiger partial charge in [-0.3, -0.25) is 0 Å². The number of nitrogens with zero attached hydrogens (tertiary/aromatic N) is 1. The lowest BCUT2D eigenvalue weighted by Gasteiger charge is -1.99. The zero-order valence-electron chi connectivity index (χ0n) is 7.90. The van der Waals surface area contributed by atoms with Crippen molar-refractivity contribution in [1.29, 1.82) is 0 Å². The van der Waals surface area contributed by atoms with Gasteiger partial charge in [0.25, 0.3) is 0 Å². The van der Waals surface area contributed by atoms with Crippen LogP contribution in [0.5, 0.6) is 0 Å². The Morgan fingerprint density at radius 1 is 0.800 bits per heavy atom. The van der Waals surface area contributed by atoms with Crippen molar-refractivity contribution in [1.82, 2.24) is 4.98 Å². The van der Waals surface area contributed by atoms with Crippen molar-refractivity contribution >= 4 is 42.5 Å². The van der Waals surface area contributed by atoms with Crippen LogP contribution in [0.2, 0.25) is 0 Å². The number of para-hydroxylation sites is 1. The topological polar surface area (TPSA) is 12.9 Å². The quantitative estimate of drug-likeness (QED) is 0.398. The monoisotopic (exact) mass is 209 g/mol. The number of benzene rings is 2. The number of fused-ring (bicyclic) bond motifs is 4. The predicted octanol–water partition coefficient (Wildman–Crippen LogP) is 4.04. The molecule has 0 aliphatic carbocycles. The van der Waals surface area contributed by atoms with Gasteiger partial charge in [-0.25, -0.2) is 4.98 Å². The molecule has 2 aromatic heterocycles. The van der Waals surface area contributed by atoms with E-state index in [1.807, 2.05) is 0 Å². The van der Waals surface area contributed by atoms with Gasteiger partial charge in [0.1, 0.15) is 4.83 Å². The smallest absolute Gasteiger partial charge is 0.125 e. The molecule has 4 rings (SSSR count). The van der Waals surface area contributed by atoms with Gasteiger partial charge in [0.05, 0.1) is 10.2 Å². The minimum Gasteiger partial charge on any atom is -0.235 e. The van der Waals surface area contributed by atoms with E-state index in [2.05, 4.69) is 47.4 Å². The van der Waals surface area contributed by atoms with Crippen LogP contribution >= 0.6 is 11.3 Å². The van der Waals surface area contributed by atoms with Crippen molar-refractivity contribution in [3.05, 3.63) is 42.5 Å². The normalized spacial score (nSPS) is 12.0. The molecule has 4 aromatic rings. The molecule has 0 saturated carbocycles. The average molecular weight is 209 g/mol. The Morgan fingerprint density at radius 3 is 2.53 bits per heavy atom. The maximum atomic E-state index is 4.66. The molecule has 0 radical (unpaired) electrons. The fourth-order valence-corrected chi connectivity index (χ4v) is 3.22. The van der Waals surface area contributed by atoms with E-state index in [-0.39, 0.29) is 0 Å². The first-order valence-corrected chi connectivity index (χ1v) is 5.74. The van der Waals surface area contributed by atoms with Crippen LogP contribution in [0.25, 0.3) is 31.2 Å². The molecule has 0 atom stereocenters. The first-order valence-electron chi connectivity index (χ1n) is 4.93. The fourth-order valence-electron chi connectivity index (χ4n) is 2.19. The molecule has 2 bridgehead atoms.